The van der Waals surface area contributed by atoms with E-state index in [1.165, 1.54) is 55.9 Å². The summed E-state index contributed by atoms with van der Waals surface area (Å²) in [6, 6.07) is 17.8. The molecule has 34 heavy (non-hydrogen) atoms. The molecule has 4 aromatic rings. The summed E-state index contributed by atoms with van der Waals surface area (Å²) in [5, 5.41) is 13.8. The standard InChI is InChI=1S/C24H19N3O6S/c1-33-19-11-9-18(10-12-19)26-34(31,32)20-6-4-5-16(13-20)24(30)27-15-17(14-25-27)23(29)21-7-2-3-8-22(21)28/h2-15,26,28H,1H3. The van der Waals surface area contributed by atoms with Crippen molar-refractivity contribution < 1.29 is 27.9 Å². The van der Waals surface area contributed by atoms with Gasteiger partial charge in [0.15, 0.2) is 5.78 Å². The molecule has 0 aliphatic heterocycles. The van der Waals surface area contributed by atoms with Gasteiger partial charge in [0.1, 0.15) is 11.5 Å². The number of hydrogen-bond acceptors (Lipinski definition) is 7. The molecule has 0 bridgehead atoms. The van der Waals surface area contributed by atoms with Crippen molar-refractivity contribution in [3.63, 3.8) is 0 Å². The summed E-state index contributed by atoms with van der Waals surface area (Å²) in [5.41, 5.74) is 0.561. The van der Waals surface area contributed by atoms with Gasteiger partial charge in [0.25, 0.3) is 15.9 Å². The average molecular weight is 477 g/mol. The normalized spacial score (nSPS) is 11.1. The fourth-order valence-corrected chi connectivity index (χ4v) is 4.28. The van der Waals surface area contributed by atoms with E-state index in [2.05, 4.69) is 9.82 Å². The highest BCUT2D eigenvalue weighted by Crippen LogP contribution is 2.22. The predicted octanol–water partition coefficient (Wildman–Crippen LogP) is 3.32. The van der Waals surface area contributed by atoms with Crippen LogP contribution in [0.5, 0.6) is 11.5 Å². The van der Waals surface area contributed by atoms with Crippen molar-refractivity contribution in [3.05, 3.63) is 102 Å². The van der Waals surface area contributed by atoms with Crippen molar-refractivity contribution in [1.82, 2.24) is 9.78 Å². The molecule has 2 N–H and O–H groups in total. The van der Waals surface area contributed by atoms with Crippen LogP contribution in [-0.4, -0.2) is 42.1 Å². The third-order valence-electron chi connectivity index (χ3n) is 4.94. The zero-order valence-electron chi connectivity index (χ0n) is 17.9. The van der Waals surface area contributed by atoms with Crippen molar-refractivity contribution in [2.45, 2.75) is 4.90 Å². The molecule has 0 amide bonds. The number of nitrogens with one attached hydrogen (secondary N) is 1. The lowest BCUT2D eigenvalue weighted by Crippen LogP contribution is -2.16. The molecule has 10 heteroatoms. The van der Waals surface area contributed by atoms with Gasteiger partial charge in [-0.2, -0.15) is 5.10 Å². The highest BCUT2D eigenvalue weighted by Gasteiger charge is 2.20. The molecule has 0 aliphatic rings. The molecule has 0 unspecified atom stereocenters. The van der Waals surface area contributed by atoms with E-state index in [4.69, 9.17) is 4.74 Å². The van der Waals surface area contributed by atoms with Crippen molar-refractivity contribution in [3.8, 4) is 11.5 Å². The summed E-state index contributed by atoms with van der Waals surface area (Å²) in [7, 11) is -2.47. The van der Waals surface area contributed by atoms with Crippen LogP contribution in [0.25, 0.3) is 0 Å². The molecule has 9 nitrogen and oxygen atoms in total. The number of carbonyl (C=O) groups is 2. The molecule has 3 aromatic carbocycles. The van der Waals surface area contributed by atoms with Crippen molar-refractivity contribution >= 4 is 27.4 Å². The van der Waals surface area contributed by atoms with Crippen molar-refractivity contribution in [2.24, 2.45) is 0 Å². The van der Waals surface area contributed by atoms with Gasteiger partial charge in [0.2, 0.25) is 0 Å². The van der Waals surface area contributed by atoms with Crippen LogP contribution in [0.2, 0.25) is 0 Å². The largest absolute Gasteiger partial charge is 0.507 e. The molecule has 1 aromatic heterocycles. The Kier molecular flexibility index (Phi) is 6.15. The maximum Gasteiger partial charge on any atom is 0.278 e. The Bertz CT molecular complexity index is 1480. The number of rotatable bonds is 7. The van der Waals surface area contributed by atoms with Gasteiger partial charge in [-0.3, -0.25) is 14.3 Å². The van der Waals surface area contributed by atoms with Gasteiger partial charge < -0.3 is 9.84 Å². The van der Waals surface area contributed by atoms with E-state index in [-0.39, 0.29) is 27.3 Å². The first-order chi connectivity index (χ1) is 16.3. The van der Waals surface area contributed by atoms with Gasteiger partial charge in [-0.1, -0.05) is 18.2 Å². The molecule has 4 rings (SSSR count). The van der Waals surface area contributed by atoms with Crippen LogP contribution in [0.15, 0.2) is 90.1 Å². The van der Waals surface area contributed by atoms with Crippen LogP contribution in [0.3, 0.4) is 0 Å². The fourth-order valence-electron chi connectivity index (χ4n) is 3.17. The lowest BCUT2D eigenvalue weighted by atomic mass is 10.1. The molecular weight excluding hydrogens is 458 g/mol. The minimum absolute atomic E-state index is 0.0577. The first kappa shape index (κ1) is 22.7. The molecular formula is C24H19N3O6S. The van der Waals surface area contributed by atoms with E-state index in [9.17, 15) is 23.1 Å². The second-order valence-corrected chi connectivity index (χ2v) is 8.87. The number of aromatic nitrogens is 2. The average Bonchev–Trinajstić information content (AvgIpc) is 3.34. The number of ketones is 1. The lowest BCUT2D eigenvalue weighted by molar-refractivity contribution is 0.0945. The number of ether oxygens (including phenoxy) is 1. The number of benzene rings is 3. The Labute approximate surface area is 195 Å². The van der Waals surface area contributed by atoms with Crippen molar-refractivity contribution in [2.75, 3.05) is 11.8 Å². The van der Waals surface area contributed by atoms with Gasteiger partial charge in [0, 0.05) is 17.4 Å². The molecule has 0 atom stereocenters. The summed E-state index contributed by atoms with van der Waals surface area (Å²) in [6.07, 6.45) is 2.44. The topological polar surface area (TPSA) is 128 Å². The first-order valence-electron chi connectivity index (χ1n) is 9.97. The van der Waals surface area contributed by atoms with Crippen LogP contribution < -0.4 is 9.46 Å². The number of para-hydroxylation sites is 1. The molecule has 1 heterocycles. The van der Waals surface area contributed by atoms with Crippen LogP contribution in [-0.2, 0) is 10.0 Å². The minimum atomic E-state index is -3.97. The maximum absolute atomic E-state index is 12.9. The third-order valence-corrected chi connectivity index (χ3v) is 6.31. The molecule has 0 saturated carbocycles. The third kappa shape index (κ3) is 4.66. The number of sulfonamides is 1. The van der Waals surface area contributed by atoms with E-state index in [1.54, 1.807) is 36.4 Å². The summed E-state index contributed by atoms with van der Waals surface area (Å²) in [6.45, 7) is 0. The summed E-state index contributed by atoms with van der Waals surface area (Å²) in [5.74, 6) is -0.737. The predicted molar refractivity (Wildman–Crippen MR) is 124 cm³/mol. The number of phenolic OH excluding ortho intramolecular Hbond substituents is 1. The highest BCUT2D eigenvalue weighted by molar-refractivity contribution is 7.92. The Morgan fingerprint density at radius 1 is 0.971 bits per heavy atom. The summed E-state index contributed by atoms with van der Waals surface area (Å²) >= 11 is 0. The van der Waals surface area contributed by atoms with Gasteiger partial charge >= 0.3 is 0 Å². The Morgan fingerprint density at radius 3 is 2.41 bits per heavy atom. The van der Waals surface area contributed by atoms with Crippen molar-refractivity contribution in [1.29, 1.82) is 0 Å². The molecule has 172 valence electrons. The molecule has 0 radical (unpaired) electrons. The molecule has 0 aliphatic carbocycles. The molecule has 0 fully saturated rings. The van der Waals surface area contributed by atoms with Crippen LogP contribution in [0, 0.1) is 0 Å². The van der Waals surface area contributed by atoms with Gasteiger partial charge in [-0.25, -0.2) is 13.1 Å². The quantitative estimate of drug-likeness (QED) is 0.391. The second kappa shape index (κ2) is 9.20. The smallest absolute Gasteiger partial charge is 0.278 e. The molecule has 0 spiro atoms. The van der Waals surface area contributed by atoms with Gasteiger partial charge in [-0.05, 0) is 54.6 Å². The number of nitrogens with zero attached hydrogens (tertiary/aromatic N) is 2. The van der Waals surface area contributed by atoms with E-state index in [0.717, 1.165) is 4.68 Å². The number of hydrogen-bond donors (Lipinski definition) is 2. The number of carbonyl (C=O) groups excluding carboxylic acids is 2. The number of methoxy groups -OCH3 is 1. The number of aromatic hydroxyl groups is 1. The van der Waals surface area contributed by atoms with Crippen LogP contribution >= 0.6 is 0 Å². The SMILES string of the molecule is COc1ccc(NS(=O)(=O)c2cccc(C(=O)n3cc(C(=O)c4ccccc4O)cn3)c2)cc1. The van der Waals surface area contributed by atoms with E-state index in [0.29, 0.717) is 11.4 Å². The Balaban J connectivity index is 1.56. The van der Waals surface area contributed by atoms with Gasteiger partial charge in [0.05, 0.1) is 29.3 Å². The number of anilines is 1. The summed E-state index contributed by atoms with van der Waals surface area (Å²) in [4.78, 5) is 25.4. The van der Waals surface area contributed by atoms with Crippen LogP contribution in [0.1, 0.15) is 26.3 Å². The maximum atomic E-state index is 12.9. The zero-order chi connectivity index (χ0) is 24.3. The molecule has 0 saturated heterocycles. The van der Waals surface area contributed by atoms with Gasteiger partial charge in [-0.15, -0.1) is 0 Å². The second-order valence-electron chi connectivity index (χ2n) is 7.19. The summed E-state index contributed by atoms with van der Waals surface area (Å²) < 4.78 is 34.1. The Hall–Kier alpha value is -4.44. The lowest BCUT2D eigenvalue weighted by Gasteiger charge is -2.10. The monoisotopic (exact) mass is 477 g/mol. The first-order valence-corrected chi connectivity index (χ1v) is 11.5. The van der Waals surface area contributed by atoms with E-state index in [1.807, 2.05) is 0 Å². The minimum Gasteiger partial charge on any atom is -0.507 e. The van der Waals surface area contributed by atoms with Crippen LogP contribution in [0.4, 0.5) is 5.69 Å². The fraction of sp³-hybridized carbons (Fsp3) is 0.0417. The van der Waals surface area contributed by atoms with E-state index >= 15 is 0 Å². The number of phenols is 1. The Morgan fingerprint density at radius 2 is 1.71 bits per heavy atom. The zero-order valence-corrected chi connectivity index (χ0v) is 18.7. The highest BCUT2D eigenvalue weighted by atomic mass is 32.2. The van der Waals surface area contributed by atoms with E-state index < -0.39 is 21.7 Å².